The Morgan fingerprint density at radius 1 is 1.33 bits per heavy atom. The van der Waals surface area contributed by atoms with E-state index in [2.05, 4.69) is 27.7 Å². The summed E-state index contributed by atoms with van der Waals surface area (Å²) in [5.41, 5.74) is 0.228. The largest absolute Gasteiger partial charge is 0.349 e. The first-order valence-electron chi connectivity index (χ1n) is 4.45. The van der Waals surface area contributed by atoms with Gasteiger partial charge in [-0.3, -0.25) is 4.79 Å². The molecule has 2 nitrogen and oxygen atoms in total. The minimum atomic E-state index is 0.220. The number of carbonyl (C=O) groups is 1. The molecule has 0 aromatic heterocycles. The molecule has 0 radical (unpaired) electrons. The summed E-state index contributed by atoms with van der Waals surface area (Å²) in [6, 6.07) is 0. The standard InChI is InChI=1S/C10H21NO/c1-8(10(2,3)4)7-9(12)11(5)6/h8H,7H2,1-6H3/t8-/m1/s1. The number of rotatable bonds is 2. The molecule has 0 saturated carbocycles. The minimum absolute atomic E-state index is 0.220. The summed E-state index contributed by atoms with van der Waals surface area (Å²) in [5.74, 6) is 0.657. The first-order valence-corrected chi connectivity index (χ1v) is 4.45. The molecule has 0 unspecified atom stereocenters. The zero-order valence-electron chi connectivity index (χ0n) is 9.14. The van der Waals surface area contributed by atoms with Crippen molar-refractivity contribution in [3.05, 3.63) is 0 Å². The smallest absolute Gasteiger partial charge is 0.222 e. The van der Waals surface area contributed by atoms with Gasteiger partial charge in [0.25, 0.3) is 0 Å². The van der Waals surface area contributed by atoms with Gasteiger partial charge in [-0.05, 0) is 11.3 Å². The van der Waals surface area contributed by atoms with Crippen molar-refractivity contribution >= 4 is 5.91 Å². The lowest BCUT2D eigenvalue weighted by molar-refractivity contribution is -0.130. The van der Waals surface area contributed by atoms with E-state index in [1.807, 2.05) is 0 Å². The number of amides is 1. The average Bonchev–Trinajstić information content (AvgIpc) is 1.85. The molecule has 2 heteroatoms. The average molecular weight is 171 g/mol. The van der Waals surface area contributed by atoms with Gasteiger partial charge in [-0.1, -0.05) is 27.7 Å². The third-order valence-electron chi connectivity index (χ3n) is 2.46. The molecule has 0 aromatic rings. The van der Waals surface area contributed by atoms with Crippen molar-refractivity contribution < 1.29 is 4.79 Å². The summed E-state index contributed by atoms with van der Waals surface area (Å²) in [6.07, 6.45) is 0.649. The normalized spacial score (nSPS) is 14.2. The van der Waals surface area contributed by atoms with Crippen LogP contribution in [0.3, 0.4) is 0 Å². The van der Waals surface area contributed by atoms with Gasteiger partial charge in [0.15, 0.2) is 0 Å². The predicted molar refractivity (Wildman–Crippen MR) is 51.9 cm³/mol. The zero-order chi connectivity index (χ0) is 9.94. The van der Waals surface area contributed by atoms with Crippen LogP contribution in [0.4, 0.5) is 0 Å². The molecule has 12 heavy (non-hydrogen) atoms. The van der Waals surface area contributed by atoms with Crippen molar-refractivity contribution in [1.29, 1.82) is 0 Å². The molecular formula is C10H21NO. The van der Waals surface area contributed by atoms with Crippen LogP contribution in [0.25, 0.3) is 0 Å². The van der Waals surface area contributed by atoms with E-state index in [1.54, 1.807) is 19.0 Å². The lowest BCUT2D eigenvalue weighted by atomic mass is 9.80. The summed E-state index contributed by atoms with van der Waals surface area (Å²) in [4.78, 5) is 13.0. The third-order valence-corrected chi connectivity index (χ3v) is 2.46. The van der Waals surface area contributed by atoms with Crippen LogP contribution in [0.15, 0.2) is 0 Å². The van der Waals surface area contributed by atoms with Crippen molar-refractivity contribution in [2.45, 2.75) is 34.1 Å². The van der Waals surface area contributed by atoms with E-state index in [9.17, 15) is 4.79 Å². The molecule has 0 spiro atoms. The molecule has 0 aliphatic rings. The van der Waals surface area contributed by atoms with Crippen molar-refractivity contribution in [2.24, 2.45) is 11.3 Å². The lowest BCUT2D eigenvalue weighted by Crippen LogP contribution is -2.28. The van der Waals surface area contributed by atoms with E-state index in [0.717, 1.165) is 0 Å². The zero-order valence-corrected chi connectivity index (χ0v) is 9.14. The highest BCUT2D eigenvalue weighted by molar-refractivity contribution is 5.75. The van der Waals surface area contributed by atoms with Crippen LogP contribution in [-0.4, -0.2) is 24.9 Å². The molecule has 1 amide bonds. The first-order chi connectivity index (χ1) is 5.25. The number of nitrogens with zero attached hydrogens (tertiary/aromatic N) is 1. The van der Waals surface area contributed by atoms with E-state index in [4.69, 9.17) is 0 Å². The quantitative estimate of drug-likeness (QED) is 0.623. The summed E-state index contributed by atoms with van der Waals surface area (Å²) in [7, 11) is 3.61. The van der Waals surface area contributed by atoms with Crippen LogP contribution in [0.2, 0.25) is 0 Å². The van der Waals surface area contributed by atoms with Gasteiger partial charge in [-0.25, -0.2) is 0 Å². The highest BCUT2D eigenvalue weighted by Crippen LogP contribution is 2.28. The highest BCUT2D eigenvalue weighted by atomic mass is 16.2. The lowest BCUT2D eigenvalue weighted by Gasteiger charge is -2.27. The molecule has 0 bridgehead atoms. The van der Waals surface area contributed by atoms with Crippen LogP contribution >= 0.6 is 0 Å². The van der Waals surface area contributed by atoms with Crippen LogP contribution in [0.5, 0.6) is 0 Å². The second kappa shape index (κ2) is 3.92. The Kier molecular flexibility index (Phi) is 3.75. The van der Waals surface area contributed by atoms with Crippen molar-refractivity contribution in [3.63, 3.8) is 0 Å². The topological polar surface area (TPSA) is 20.3 Å². The molecule has 0 aliphatic carbocycles. The van der Waals surface area contributed by atoms with Gasteiger partial charge in [0, 0.05) is 20.5 Å². The van der Waals surface area contributed by atoms with Gasteiger partial charge in [0.05, 0.1) is 0 Å². The van der Waals surface area contributed by atoms with Gasteiger partial charge in [0.2, 0.25) is 5.91 Å². The Bertz CT molecular complexity index is 156. The molecule has 1 atom stereocenters. The van der Waals surface area contributed by atoms with Crippen molar-refractivity contribution in [3.8, 4) is 0 Å². The molecule has 0 fully saturated rings. The Morgan fingerprint density at radius 2 is 1.75 bits per heavy atom. The SMILES string of the molecule is C[C@H](CC(=O)N(C)C)C(C)(C)C. The summed E-state index contributed by atoms with van der Waals surface area (Å²) >= 11 is 0. The summed E-state index contributed by atoms with van der Waals surface area (Å²) in [6.45, 7) is 8.63. The van der Waals surface area contributed by atoms with Gasteiger partial charge < -0.3 is 4.90 Å². The molecule has 0 heterocycles. The maximum Gasteiger partial charge on any atom is 0.222 e. The fourth-order valence-corrected chi connectivity index (χ4v) is 0.751. The van der Waals surface area contributed by atoms with E-state index in [0.29, 0.717) is 12.3 Å². The number of carbonyl (C=O) groups excluding carboxylic acids is 1. The predicted octanol–water partition coefficient (Wildman–Crippen LogP) is 2.15. The Balaban J connectivity index is 4.02. The van der Waals surface area contributed by atoms with Gasteiger partial charge in [-0.2, -0.15) is 0 Å². The van der Waals surface area contributed by atoms with Gasteiger partial charge in [-0.15, -0.1) is 0 Å². The van der Waals surface area contributed by atoms with Crippen LogP contribution in [-0.2, 0) is 4.79 Å². The van der Waals surface area contributed by atoms with Gasteiger partial charge >= 0.3 is 0 Å². The maximum absolute atomic E-state index is 11.3. The van der Waals surface area contributed by atoms with Crippen molar-refractivity contribution in [1.82, 2.24) is 4.90 Å². The maximum atomic E-state index is 11.3. The molecular weight excluding hydrogens is 150 g/mol. The minimum Gasteiger partial charge on any atom is -0.349 e. The highest BCUT2D eigenvalue weighted by Gasteiger charge is 2.22. The number of hydrogen-bond donors (Lipinski definition) is 0. The molecule has 0 saturated heterocycles. The van der Waals surface area contributed by atoms with E-state index in [-0.39, 0.29) is 11.3 Å². The van der Waals surface area contributed by atoms with E-state index < -0.39 is 0 Å². The molecule has 0 aromatic carbocycles. The Hall–Kier alpha value is -0.530. The van der Waals surface area contributed by atoms with Crippen LogP contribution in [0.1, 0.15) is 34.1 Å². The molecule has 72 valence electrons. The molecule has 0 rings (SSSR count). The van der Waals surface area contributed by atoms with Crippen LogP contribution < -0.4 is 0 Å². The van der Waals surface area contributed by atoms with Crippen LogP contribution in [0, 0.1) is 11.3 Å². The Labute approximate surface area is 75.9 Å². The third kappa shape index (κ3) is 3.74. The number of hydrogen-bond acceptors (Lipinski definition) is 1. The first kappa shape index (κ1) is 11.5. The fourth-order valence-electron chi connectivity index (χ4n) is 0.751. The monoisotopic (exact) mass is 171 g/mol. The summed E-state index contributed by atoms with van der Waals surface area (Å²) < 4.78 is 0. The second-order valence-electron chi connectivity index (χ2n) is 4.76. The van der Waals surface area contributed by atoms with Crippen molar-refractivity contribution in [2.75, 3.05) is 14.1 Å². The van der Waals surface area contributed by atoms with E-state index >= 15 is 0 Å². The summed E-state index contributed by atoms with van der Waals surface area (Å²) in [5, 5.41) is 0. The van der Waals surface area contributed by atoms with E-state index in [1.165, 1.54) is 0 Å². The second-order valence-corrected chi connectivity index (χ2v) is 4.76. The Morgan fingerprint density at radius 3 is 2.00 bits per heavy atom. The molecule has 0 N–H and O–H groups in total. The fraction of sp³-hybridized carbons (Fsp3) is 0.900. The molecule has 0 aliphatic heterocycles. The van der Waals surface area contributed by atoms with Gasteiger partial charge in [0.1, 0.15) is 0 Å².